The van der Waals surface area contributed by atoms with Crippen molar-refractivity contribution in [2.75, 3.05) is 19.6 Å². The molecule has 1 aromatic carbocycles. The molecule has 0 aliphatic carbocycles. The van der Waals surface area contributed by atoms with Crippen LogP contribution in [0.5, 0.6) is 0 Å². The predicted octanol–water partition coefficient (Wildman–Crippen LogP) is 1.97. The molecular formula is C16H18FN3O2. The van der Waals surface area contributed by atoms with E-state index in [2.05, 4.69) is 4.98 Å². The highest BCUT2D eigenvalue weighted by atomic mass is 19.1. The van der Waals surface area contributed by atoms with E-state index in [0.717, 1.165) is 17.8 Å². The Bertz CT molecular complexity index is 671. The standard InChI is InChI=1S/C16H18FN3O2/c1-12-18-15(11-22-12)9-19-5-6-20(16(21)10-19)8-13-3-2-4-14(17)7-13/h2-4,7,11H,5-6,8-10H2,1H3. The van der Waals surface area contributed by atoms with Gasteiger partial charge in [-0.25, -0.2) is 9.37 Å². The first-order valence-electron chi connectivity index (χ1n) is 7.26. The molecule has 6 heteroatoms. The summed E-state index contributed by atoms with van der Waals surface area (Å²) in [5, 5.41) is 0. The van der Waals surface area contributed by atoms with Crippen LogP contribution in [-0.2, 0) is 17.9 Å². The van der Waals surface area contributed by atoms with Crippen molar-refractivity contribution >= 4 is 5.91 Å². The quantitative estimate of drug-likeness (QED) is 0.866. The summed E-state index contributed by atoms with van der Waals surface area (Å²) in [6.07, 6.45) is 1.62. The Hall–Kier alpha value is -2.21. The van der Waals surface area contributed by atoms with E-state index in [4.69, 9.17) is 4.42 Å². The number of benzene rings is 1. The van der Waals surface area contributed by atoms with Gasteiger partial charge in [-0.05, 0) is 17.7 Å². The Balaban J connectivity index is 1.57. The molecule has 0 N–H and O–H groups in total. The second-order valence-electron chi connectivity index (χ2n) is 5.51. The molecule has 5 nitrogen and oxygen atoms in total. The topological polar surface area (TPSA) is 49.6 Å². The lowest BCUT2D eigenvalue weighted by molar-refractivity contribution is -0.136. The molecule has 0 saturated carbocycles. The molecule has 2 heterocycles. The Morgan fingerprint density at radius 1 is 1.32 bits per heavy atom. The van der Waals surface area contributed by atoms with Crippen molar-refractivity contribution in [3.8, 4) is 0 Å². The first-order valence-corrected chi connectivity index (χ1v) is 7.26. The van der Waals surface area contributed by atoms with E-state index in [1.165, 1.54) is 12.1 Å². The minimum Gasteiger partial charge on any atom is -0.449 e. The molecule has 1 aliphatic rings. The Morgan fingerprint density at radius 2 is 2.18 bits per heavy atom. The highest BCUT2D eigenvalue weighted by Crippen LogP contribution is 2.13. The van der Waals surface area contributed by atoms with Crippen molar-refractivity contribution < 1.29 is 13.6 Å². The molecule has 0 spiro atoms. The van der Waals surface area contributed by atoms with Gasteiger partial charge in [-0.2, -0.15) is 0 Å². The van der Waals surface area contributed by atoms with Crippen LogP contribution in [0.2, 0.25) is 0 Å². The van der Waals surface area contributed by atoms with Crippen molar-refractivity contribution in [1.82, 2.24) is 14.8 Å². The second-order valence-corrected chi connectivity index (χ2v) is 5.51. The Morgan fingerprint density at radius 3 is 2.86 bits per heavy atom. The van der Waals surface area contributed by atoms with E-state index >= 15 is 0 Å². The summed E-state index contributed by atoms with van der Waals surface area (Å²) in [5.41, 5.74) is 1.65. The van der Waals surface area contributed by atoms with Crippen molar-refractivity contribution in [1.29, 1.82) is 0 Å². The number of halogens is 1. The minimum absolute atomic E-state index is 0.0516. The van der Waals surface area contributed by atoms with Crippen LogP contribution < -0.4 is 0 Å². The third-order valence-corrected chi connectivity index (χ3v) is 3.71. The fourth-order valence-electron chi connectivity index (χ4n) is 2.63. The Labute approximate surface area is 128 Å². The summed E-state index contributed by atoms with van der Waals surface area (Å²) >= 11 is 0. The van der Waals surface area contributed by atoms with Crippen LogP contribution in [0.25, 0.3) is 0 Å². The molecule has 0 radical (unpaired) electrons. The first kappa shape index (κ1) is 14.7. The number of oxazole rings is 1. The molecule has 0 bridgehead atoms. The van der Waals surface area contributed by atoms with Gasteiger partial charge in [0, 0.05) is 33.1 Å². The number of piperazine rings is 1. The normalized spacial score (nSPS) is 16.3. The van der Waals surface area contributed by atoms with Crippen LogP contribution in [0.4, 0.5) is 4.39 Å². The van der Waals surface area contributed by atoms with Crippen LogP contribution >= 0.6 is 0 Å². The van der Waals surface area contributed by atoms with Crippen molar-refractivity contribution in [2.45, 2.75) is 20.0 Å². The molecule has 1 amide bonds. The fraction of sp³-hybridized carbons (Fsp3) is 0.375. The van der Waals surface area contributed by atoms with Gasteiger partial charge >= 0.3 is 0 Å². The van der Waals surface area contributed by atoms with Crippen LogP contribution in [0.1, 0.15) is 17.1 Å². The van der Waals surface area contributed by atoms with Gasteiger partial charge in [-0.1, -0.05) is 12.1 Å². The maximum atomic E-state index is 13.2. The van der Waals surface area contributed by atoms with Crippen molar-refractivity contribution in [3.63, 3.8) is 0 Å². The number of hydrogen-bond donors (Lipinski definition) is 0. The van der Waals surface area contributed by atoms with Gasteiger partial charge in [0.2, 0.25) is 5.91 Å². The lowest BCUT2D eigenvalue weighted by Gasteiger charge is -2.34. The molecule has 116 valence electrons. The zero-order valence-corrected chi connectivity index (χ0v) is 12.5. The molecule has 1 fully saturated rings. The fourth-order valence-corrected chi connectivity index (χ4v) is 2.63. The highest BCUT2D eigenvalue weighted by Gasteiger charge is 2.24. The molecule has 1 aromatic heterocycles. The number of aryl methyl sites for hydroxylation is 1. The summed E-state index contributed by atoms with van der Waals surface area (Å²) in [6.45, 7) is 4.61. The van der Waals surface area contributed by atoms with E-state index in [1.807, 2.05) is 11.0 Å². The largest absolute Gasteiger partial charge is 0.449 e. The van der Waals surface area contributed by atoms with Crippen LogP contribution in [-0.4, -0.2) is 40.3 Å². The lowest BCUT2D eigenvalue weighted by Crippen LogP contribution is -2.49. The molecule has 2 aromatic rings. The molecule has 22 heavy (non-hydrogen) atoms. The van der Waals surface area contributed by atoms with Crippen LogP contribution in [0.3, 0.4) is 0 Å². The van der Waals surface area contributed by atoms with Gasteiger partial charge < -0.3 is 9.32 Å². The smallest absolute Gasteiger partial charge is 0.237 e. The summed E-state index contributed by atoms with van der Waals surface area (Å²) in [5.74, 6) is 0.409. The van der Waals surface area contributed by atoms with E-state index in [0.29, 0.717) is 32.1 Å². The van der Waals surface area contributed by atoms with Gasteiger partial charge in [-0.3, -0.25) is 9.69 Å². The molecule has 3 rings (SSSR count). The molecule has 0 atom stereocenters. The third kappa shape index (κ3) is 3.51. The number of carbonyl (C=O) groups is 1. The average molecular weight is 303 g/mol. The number of nitrogens with zero attached hydrogens (tertiary/aromatic N) is 3. The summed E-state index contributed by atoms with van der Waals surface area (Å²) in [4.78, 5) is 20.3. The lowest BCUT2D eigenvalue weighted by atomic mass is 10.2. The monoisotopic (exact) mass is 303 g/mol. The van der Waals surface area contributed by atoms with Crippen LogP contribution in [0.15, 0.2) is 34.9 Å². The summed E-state index contributed by atoms with van der Waals surface area (Å²) in [6, 6.07) is 6.38. The summed E-state index contributed by atoms with van der Waals surface area (Å²) < 4.78 is 18.4. The molecular weight excluding hydrogens is 285 g/mol. The molecule has 1 aliphatic heterocycles. The zero-order valence-electron chi connectivity index (χ0n) is 12.5. The predicted molar refractivity (Wildman–Crippen MR) is 78.3 cm³/mol. The average Bonchev–Trinajstić information content (AvgIpc) is 2.87. The van der Waals surface area contributed by atoms with Crippen molar-refractivity contribution in [2.24, 2.45) is 0 Å². The number of carbonyl (C=O) groups excluding carboxylic acids is 1. The van der Waals surface area contributed by atoms with Gasteiger partial charge in [-0.15, -0.1) is 0 Å². The number of amides is 1. The van der Waals surface area contributed by atoms with Gasteiger partial charge in [0.05, 0.1) is 12.2 Å². The molecule has 0 unspecified atom stereocenters. The zero-order chi connectivity index (χ0) is 15.5. The van der Waals surface area contributed by atoms with Crippen LogP contribution in [0, 0.1) is 12.7 Å². The Kier molecular flexibility index (Phi) is 4.20. The van der Waals surface area contributed by atoms with E-state index in [1.54, 1.807) is 24.2 Å². The maximum Gasteiger partial charge on any atom is 0.237 e. The number of aromatic nitrogens is 1. The van der Waals surface area contributed by atoms with E-state index in [9.17, 15) is 9.18 Å². The van der Waals surface area contributed by atoms with Crippen molar-refractivity contribution in [3.05, 3.63) is 53.5 Å². The maximum absolute atomic E-state index is 13.2. The SMILES string of the molecule is Cc1nc(CN2CCN(Cc3cccc(F)c3)C(=O)C2)co1. The summed E-state index contributed by atoms with van der Waals surface area (Å²) in [7, 11) is 0. The molecule has 1 saturated heterocycles. The van der Waals surface area contributed by atoms with E-state index < -0.39 is 0 Å². The number of rotatable bonds is 4. The second kappa shape index (κ2) is 6.27. The van der Waals surface area contributed by atoms with E-state index in [-0.39, 0.29) is 11.7 Å². The minimum atomic E-state index is -0.273. The third-order valence-electron chi connectivity index (χ3n) is 3.71. The highest BCUT2D eigenvalue weighted by molar-refractivity contribution is 5.79. The van der Waals surface area contributed by atoms with Gasteiger partial charge in [0.15, 0.2) is 5.89 Å². The first-order chi connectivity index (χ1) is 10.6. The van der Waals surface area contributed by atoms with Gasteiger partial charge in [0.25, 0.3) is 0 Å². The number of hydrogen-bond acceptors (Lipinski definition) is 4. The van der Waals surface area contributed by atoms with Gasteiger partial charge in [0.1, 0.15) is 12.1 Å².